The van der Waals surface area contributed by atoms with Gasteiger partial charge in [0, 0.05) is 6.54 Å². The lowest BCUT2D eigenvalue weighted by atomic mass is 10.2. The van der Waals surface area contributed by atoms with Gasteiger partial charge < -0.3 is 67.6 Å². The smallest absolute Gasteiger partial charge is 0.373 e. The lowest BCUT2D eigenvalue weighted by Crippen LogP contribution is -2.42. The van der Waals surface area contributed by atoms with Crippen molar-refractivity contribution in [3.63, 3.8) is 0 Å². The highest BCUT2D eigenvalue weighted by Crippen LogP contribution is 1.90. The molecule has 43 heavy (non-hydrogen) atoms. The Morgan fingerprint density at radius 2 is 1.14 bits per heavy atom. The van der Waals surface area contributed by atoms with E-state index in [2.05, 4.69) is 31.9 Å². The Bertz CT molecular complexity index is 776. The van der Waals surface area contributed by atoms with Crippen molar-refractivity contribution in [1.29, 1.82) is 0 Å². The van der Waals surface area contributed by atoms with E-state index in [1.165, 1.54) is 28.1 Å². The number of carboxylic acid groups (broad SMARTS) is 5. The van der Waals surface area contributed by atoms with Crippen molar-refractivity contribution in [2.75, 3.05) is 54.9 Å². The lowest BCUT2D eigenvalue weighted by molar-refractivity contribution is -0.192. The van der Waals surface area contributed by atoms with Crippen molar-refractivity contribution < 1.29 is 74.1 Å². The summed E-state index contributed by atoms with van der Waals surface area (Å²) >= 11 is 0. The van der Waals surface area contributed by atoms with Gasteiger partial charge in [-0.2, -0.15) is 9.59 Å². The lowest BCUT2D eigenvalue weighted by Gasteiger charge is -2.12. The van der Waals surface area contributed by atoms with Crippen LogP contribution in [0.25, 0.3) is 0 Å². The summed E-state index contributed by atoms with van der Waals surface area (Å²) in [6.07, 6.45) is -0.139. The molecule has 0 spiro atoms. The van der Waals surface area contributed by atoms with Gasteiger partial charge >= 0.3 is 36.0 Å². The van der Waals surface area contributed by atoms with Crippen LogP contribution >= 0.6 is 0 Å². The molecule has 5 atom stereocenters. The zero-order valence-corrected chi connectivity index (χ0v) is 25.0. The Morgan fingerprint density at radius 1 is 0.721 bits per heavy atom. The van der Waals surface area contributed by atoms with Crippen LogP contribution in [0, 0.1) is 0 Å². The van der Waals surface area contributed by atoms with Crippen molar-refractivity contribution in [3.8, 4) is 0 Å². The molecule has 0 radical (unpaired) electrons. The van der Waals surface area contributed by atoms with Crippen molar-refractivity contribution >= 4 is 42.4 Å². The summed E-state index contributed by atoms with van der Waals surface area (Å²) in [5, 5.41) is 72.5. The van der Waals surface area contributed by atoms with Gasteiger partial charge in [0.25, 0.3) is 0 Å². The second-order valence-electron chi connectivity index (χ2n) is 7.27. The number of amides is 1. The Labute approximate surface area is 248 Å². The molecule has 0 aromatic heterocycles. The highest BCUT2D eigenvalue weighted by atomic mass is 16.4. The first-order valence-corrected chi connectivity index (χ1v) is 11.8. The topological polar surface area (TPSA) is 350 Å². The number of aliphatic hydroxyl groups is 2. The second kappa shape index (κ2) is 37.9. The molecule has 0 aromatic carbocycles. The molecular weight excluding hydrogens is 588 g/mol. The minimum absolute atomic E-state index is 0.0417. The highest BCUT2D eigenvalue weighted by Gasteiger charge is 2.19. The summed E-state index contributed by atoms with van der Waals surface area (Å²) in [6.45, 7) is 2.79. The van der Waals surface area contributed by atoms with E-state index in [-0.39, 0.29) is 25.8 Å². The van der Waals surface area contributed by atoms with E-state index >= 15 is 0 Å². The predicted octanol–water partition coefficient (Wildman–Crippen LogP) is -5.52. The van der Waals surface area contributed by atoms with Crippen molar-refractivity contribution in [2.24, 2.45) is 0 Å². The number of hydrogen-bond acceptors (Lipinski definition) is 15. The SMILES string of the molecule is CNC(C(=O)O)C(C)O.CNC(C)C(=O)O.CNC(CNC=O)C(=O)O.CNC(CO)C(=O)O.CNCC(=O)O.O=C=O. The van der Waals surface area contributed by atoms with Crippen LogP contribution in [0.15, 0.2) is 0 Å². The van der Waals surface area contributed by atoms with E-state index in [0.717, 1.165) is 0 Å². The first-order valence-electron chi connectivity index (χ1n) is 11.8. The summed E-state index contributed by atoms with van der Waals surface area (Å²) in [7, 11) is 7.69. The van der Waals surface area contributed by atoms with Gasteiger partial charge in [-0.3, -0.25) is 28.8 Å². The molecule has 21 nitrogen and oxygen atoms in total. The molecule has 254 valence electrons. The molecular formula is C22H46N6O15. The summed E-state index contributed by atoms with van der Waals surface area (Å²) < 4.78 is 0. The van der Waals surface area contributed by atoms with E-state index in [9.17, 15) is 28.8 Å². The fraction of sp³-hybridized carbons (Fsp3) is 0.682. The van der Waals surface area contributed by atoms with E-state index < -0.39 is 60.1 Å². The highest BCUT2D eigenvalue weighted by molar-refractivity contribution is 5.74. The van der Waals surface area contributed by atoms with E-state index in [0.29, 0.717) is 6.41 Å². The number of aliphatic hydroxyl groups excluding tert-OH is 2. The Balaban J connectivity index is -0.0000000980. The molecule has 0 fully saturated rings. The number of carbonyl (C=O) groups excluding carboxylic acids is 3. The molecule has 0 heterocycles. The third kappa shape index (κ3) is 45.1. The average molecular weight is 635 g/mol. The number of likely N-dealkylation sites (N-methyl/N-ethyl adjacent to an activating group) is 5. The van der Waals surface area contributed by atoms with Gasteiger partial charge in [0.1, 0.15) is 24.2 Å². The van der Waals surface area contributed by atoms with Crippen molar-refractivity contribution in [3.05, 3.63) is 0 Å². The fourth-order valence-corrected chi connectivity index (χ4v) is 1.62. The molecule has 0 aliphatic carbocycles. The maximum Gasteiger partial charge on any atom is 0.373 e. The number of nitrogens with one attached hydrogen (secondary N) is 6. The molecule has 0 aliphatic heterocycles. The van der Waals surface area contributed by atoms with Gasteiger partial charge in [-0.05, 0) is 49.1 Å². The first kappa shape index (κ1) is 51.6. The zero-order chi connectivity index (χ0) is 35.6. The van der Waals surface area contributed by atoms with Gasteiger partial charge in [-0.15, -0.1) is 0 Å². The van der Waals surface area contributed by atoms with Crippen LogP contribution < -0.4 is 31.9 Å². The maximum atomic E-state index is 10.2. The Kier molecular flexibility index (Phi) is 45.5. The van der Waals surface area contributed by atoms with E-state index in [4.69, 9.17) is 45.3 Å². The average Bonchev–Trinajstić information content (AvgIpc) is 2.90. The molecule has 0 bridgehead atoms. The third-order valence-corrected chi connectivity index (χ3v) is 4.07. The van der Waals surface area contributed by atoms with Crippen molar-refractivity contribution in [1.82, 2.24) is 31.9 Å². The van der Waals surface area contributed by atoms with Gasteiger partial charge in [-0.25, -0.2) is 0 Å². The zero-order valence-electron chi connectivity index (χ0n) is 25.0. The number of aliphatic carboxylic acids is 5. The first-order chi connectivity index (χ1) is 19.9. The fourth-order valence-electron chi connectivity index (χ4n) is 1.62. The Morgan fingerprint density at radius 3 is 1.21 bits per heavy atom. The van der Waals surface area contributed by atoms with E-state index in [1.807, 2.05) is 0 Å². The Hall–Kier alpha value is -4.08. The monoisotopic (exact) mass is 634 g/mol. The summed E-state index contributed by atoms with van der Waals surface area (Å²) in [5.74, 6) is -4.68. The standard InChI is InChI=1S/C5H10N2O3.C5H11NO3.C4H9NO3.C4H9NO2.C3H7NO2.CO2/c1-6-4(5(9)10)2-7-3-8;1-3(7)4(6-2)5(8)9;1-5-3(2-6)4(7)8;1-3(5-2)4(6)7;1-4-2-3(5)6;2-1-3/h3-4,6H,2H2,1H3,(H,7,8)(H,9,10);3-4,6-7H,1-2H3,(H,8,9);3,5-6H,2H2,1H3,(H,7,8);3,5H,1-2H3,(H,6,7);4H,2H2,1H3,(H,5,6);. The van der Waals surface area contributed by atoms with Crippen LogP contribution in [0.5, 0.6) is 0 Å². The van der Waals surface area contributed by atoms with E-state index in [1.54, 1.807) is 21.0 Å². The van der Waals surface area contributed by atoms with Crippen LogP contribution in [-0.2, 0) is 38.4 Å². The van der Waals surface area contributed by atoms with Gasteiger partial charge in [-0.1, -0.05) is 0 Å². The van der Waals surface area contributed by atoms with Crippen LogP contribution in [0.2, 0.25) is 0 Å². The predicted molar refractivity (Wildman–Crippen MR) is 147 cm³/mol. The third-order valence-electron chi connectivity index (χ3n) is 4.07. The molecule has 0 rings (SSSR count). The second-order valence-corrected chi connectivity index (χ2v) is 7.27. The molecule has 13 N–H and O–H groups in total. The van der Waals surface area contributed by atoms with Crippen LogP contribution in [0.3, 0.4) is 0 Å². The molecule has 0 saturated heterocycles. The van der Waals surface area contributed by atoms with Gasteiger partial charge in [0.2, 0.25) is 6.41 Å². The van der Waals surface area contributed by atoms with Crippen LogP contribution in [-0.4, -0.2) is 163 Å². The molecule has 5 unspecified atom stereocenters. The largest absolute Gasteiger partial charge is 0.480 e. The number of carbonyl (C=O) groups is 6. The summed E-state index contributed by atoms with van der Waals surface area (Å²) in [6, 6.07) is -2.81. The minimum atomic E-state index is -1.03. The van der Waals surface area contributed by atoms with Crippen molar-refractivity contribution in [2.45, 2.75) is 44.1 Å². The number of rotatable bonds is 15. The molecule has 0 saturated carbocycles. The number of carboxylic acids is 5. The molecule has 1 amide bonds. The number of hydrogen-bond donors (Lipinski definition) is 13. The molecule has 21 heteroatoms. The summed E-state index contributed by atoms with van der Waals surface area (Å²) in [4.78, 5) is 75.7. The normalized spacial score (nSPS) is 12.3. The van der Waals surface area contributed by atoms with Crippen LogP contribution in [0.1, 0.15) is 13.8 Å². The molecule has 0 aliphatic rings. The minimum Gasteiger partial charge on any atom is -0.480 e. The quantitative estimate of drug-likeness (QED) is 0.0746. The summed E-state index contributed by atoms with van der Waals surface area (Å²) in [5.41, 5.74) is 0. The van der Waals surface area contributed by atoms with Gasteiger partial charge in [0.15, 0.2) is 0 Å². The van der Waals surface area contributed by atoms with Crippen LogP contribution in [0.4, 0.5) is 0 Å². The molecule has 0 aromatic rings. The maximum absolute atomic E-state index is 10.2. The van der Waals surface area contributed by atoms with Gasteiger partial charge in [0.05, 0.1) is 19.3 Å².